The Balaban J connectivity index is 2.07. The number of nitrogens with one attached hydrogen (secondary N) is 2. The minimum absolute atomic E-state index is 0.363. The molecule has 2 aromatic carbocycles. The molecule has 2 N–H and O–H groups in total. The van der Waals surface area contributed by atoms with Crippen molar-refractivity contribution in [1.82, 2.24) is 0 Å². The van der Waals surface area contributed by atoms with Crippen LogP contribution < -0.4 is 10.0 Å². The van der Waals surface area contributed by atoms with Gasteiger partial charge in [0.25, 0.3) is 5.91 Å². The fraction of sp³-hybridized carbons (Fsp3) is 0.188. The number of hydrogen-bond donors (Lipinski definition) is 2. The second-order valence-electron chi connectivity index (χ2n) is 5.23. The summed E-state index contributed by atoms with van der Waals surface area (Å²) in [6.45, 7) is 3.15. The van der Waals surface area contributed by atoms with E-state index in [2.05, 4.69) is 10.0 Å². The quantitative estimate of drug-likeness (QED) is 0.880. The van der Waals surface area contributed by atoms with Crippen molar-refractivity contribution in [3.05, 3.63) is 59.9 Å². The van der Waals surface area contributed by atoms with Gasteiger partial charge in [0.05, 0.1) is 5.25 Å². The molecule has 0 saturated carbocycles. The molecule has 0 bridgehead atoms. The molecule has 0 radical (unpaired) electrons. The minimum atomic E-state index is -3.42. The fourth-order valence-electron chi connectivity index (χ4n) is 1.71. The second kappa shape index (κ2) is 6.78. The van der Waals surface area contributed by atoms with Gasteiger partial charge in [-0.2, -0.15) is 0 Å². The van der Waals surface area contributed by atoms with E-state index < -0.39 is 15.3 Å². The Labute approximate surface area is 134 Å². The maximum atomic E-state index is 12.8. The van der Waals surface area contributed by atoms with E-state index in [1.54, 1.807) is 13.8 Å². The first-order valence-electron chi connectivity index (χ1n) is 6.96. The first-order valence-corrected chi connectivity index (χ1v) is 8.51. The normalized spacial score (nSPS) is 11.3. The Hall–Kier alpha value is -2.41. The van der Waals surface area contributed by atoms with Crippen LogP contribution in [0.3, 0.4) is 0 Å². The van der Waals surface area contributed by atoms with Gasteiger partial charge in [-0.1, -0.05) is 0 Å². The molecule has 0 unspecified atom stereocenters. The van der Waals surface area contributed by atoms with E-state index in [4.69, 9.17) is 0 Å². The molecule has 2 rings (SSSR count). The van der Waals surface area contributed by atoms with E-state index in [1.807, 2.05) is 0 Å². The summed E-state index contributed by atoms with van der Waals surface area (Å²) < 4.78 is 38.8. The number of amides is 1. The molecule has 0 aliphatic rings. The van der Waals surface area contributed by atoms with Crippen LogP contribution in [-0.2, 0) is 10.0 Å². The van der Waals surface area contributed by atoms with Crippen LogP contribution in [-0.4, -0.2) is 19.6 Å². The largest absolute Gasteiger partial charge is 0.322 e. The number of hydrogen-bond acceptors (Lipinski definition) is 3. The van der Waals surface area contributed by atoms with E-state index in [0.29, 0.717) is 16.9 Å². The van der Waals surface area contributed by atoms with Gasteiger partial charge in [-0.3, -0.25) is 9.52 Å². The SMILES string of the molecule is CC(C)S(=O)(=O)Nc1ccc(C(=O)Nc2ccc(F)cc2)cc1. The van der Waals surface area contributed by atoms with Gasteiger partial charge in [-0.15, -0.1) is 0 Å². The van der Waals surface area contributed by atoms with Crippen molar-refractivity contribution in [2.75, 3.05) is 10.0 Å². The highest BCUT2D eigenvalue weighted by atomic mass is 32.2. The van der Waals surface area contributed by atoms with Gasteiger partial charge in [0.15, 0.2) is 0 Å². The highest BCUT2D eigenvalue weighted by Gasteiger charge is 2.15. The second-order valence-corrected chi connectivity index (χ2v) is 7.47. The van der Waals surface area contributed by atoms with Gasteiger partial charge >= 0.3 is 0 Å². The molecular formula is C16H17FN2O3S. The zero-order valence-electron chi connectivity index (χ0n) is 12.7. The Kier molecular flexibility index (Phi) is 5.00. The molecule has 0 spiro atoms. The third-order valence-electron chi connectivity index (χ3n) is 3.13. The molecule has 5 nitrogen and oxygen atoms in total. The highest BCUT2D eigenvalue weighted by molar-refractivity contribution is 7.93. The summed E-state index contributed by atoms with van der Waals surface area (Å²) in [5.74, 6) is -0.750. The van der Waals surface area contributed by atoms with Crippen molar-refractivity contribution in [2.24, 2.45) is 0 Å². The smallest absolute Gasteiger partial charge is 0.255 e. The lowest BCUT2D eigenvalue weighted by Gasteiger charge is -2.11. The molecular weight excluding hydrogens is 319 g/mol. The van der Waals surface area contributed by atoms with Crippen LogP contribution in [0.1, 0.15) is 24.2 Å². The van der Waals surface area contributed by atoms with Crippen LogP contribution in [0.15, 0.2) is 48.5 Å². The summed E-state index contributed by atoms with van der Waals surface area (Å²) in [7, 11) is -3.42. The Morgan fingerprint density at radius 3 is 2.00 bits per heavy atom. The predicted octanol–water partition coefficient (Wildman–Crippen LogP) is 3.23. The summed E-state index contributed by atoms with van der Waals surface area (Å²) in [6, 6.07) is 11.5. The number of carbonyl (C=O) groups is 1. The maximum Gasteiger partial charge on any atom is 0.255 e. The summed E-state index contributed by atoms with van der Waals surface area (Å²) in [5.41, 5.74) is 1.22. The van der Waals surface area contributed by atoms with Gasteiger partial charge in [0.1, 0.15) is 5.82 Å². The molecule has 122 valence electrons. The van der Waals surface area contributed by atoms with E-state index in [9.17, 15) is 17.6 Å². The summed E-state index contributed by atoms with van der Waals surface area (Å²) >= 11 is 0. The number of benzene rings is 2. The monoisotopic (exact) mass is 336 g/mol. The molecule has 2 aromatic rings. The van der Waals surface area contributed by atoms with Crippen molar-refractivity contribution in [3.8, 4) is 0 Å². The minimum Gasteiger partial charge on any atom is -0.322 e. The molecule has 0 aromatic heterocycles. The molecule has 0 atom stereocenters. The first kappa shape index (κ1) is 17.0. The van der Waals surface area contributed by atoms with E-state index in [-0.39, 0.29) is 11.7 Å². The molecule has 0 aliphatic heterocycles. The Morgan fingerprint density at radius 2 is 1.48 bits per heavy atom. The Morgan fingerprint density at radius 1 is 0.957 bits per heavy atom. The number of rotatable bonds is 5. The van der Waals surface area contributed by atoms with E-state index in [0.717, 1.165) is 0 Å². The molecule has 0 fully saturated rings. The molecule has 7 heteroatoms. The standard InChI is InChI=1S/C16H17FN2O3S/c1-11(2)23(21,22)19-15-7-3-12(4-8-15)16(20)18-14-9-5-13(17)6-10-14/h3-11,19H,1-2H3,(H,18,20). The molecule has 0 heterocycles. The van der Waals surface area contributed by atoms with Crippen LogP contribution >= 0.6 is 0 Å². The summed E-state index contributed by atoms with van der Waals surface area (Å²) in [6.07, 6.45) is 0. The lowest BCUT2D eigenvalue weighted by Crippen LogP contribution is -2.22. The van der Waals surface area contributed by atoms with E-state index >= 15 is 0 Å². The van der Waals surface area contributed by atoms with Gasteiger partial charge in [-0.25, -0.2) is 12.8 Å². The van der Waals surface area contributed by atoms with Crippen LogP contribution in [0, 0.1) is 5.82 Å². The van der Waals surface area contributed by atoms with Gasteiger partial charge in [0.2, 0.25) is 10.0 Å². The summed E-state index contributed by atoms with van der Waals surface area (Å²) in [5, 5.41) is 2.08. The third-order valence-corrected chi connectivity index (χ3v) is 4.89. The van der Waals surface area contributed by atoms with Crippen molar-refractivity contribution in [2.45, 2.75) is 19.1 Å². The van der Waals surface area contributed by atoms with Crippen LogP contribution in [0.2, 0.25) is 0 Å². The first-order chi connectivity index (χ1) is 10.8. The van der Waals surface area contributed by atoms with Crippen molar-refractivity contribution >= 4 is 27.3 Å². The molecule has 0 saturated heterocycles. The maximum absolute atomic E-state index is 12.8. The van der Waals surface area contributed by atoms with E-state index in [1.165, 1.54) is 48.5 Å². The van der Waals surface area contributed by atoms with Crippen LogP contribution in [0.4, 0.5) is 15.8 Å². The molecule has 23 heavy (non-hydrogen) atoms. The zero-order chi connectivity index (χ0) is 17.0. The van der Waals surface area contributed by atoms with Crippen molar-refractivity contribution in [3.63, 3.8) is 0 Å². The average molecular weight is 336 g/mol. The molecule has 0 aliphatic carbocycles. The van der Waals surface area contributed by atoms with Crippen LogP contribution in [0.25, 0.3) is 0 Å². The predicted molar refractivity (Wildman–Crippen MR) is 88.5 cm³/mol. The Bertz CT molecular complexity index is 785. The number of carbonyl (C=O) groups excluding carboxylic acids is 1. The molecule has 1 amide bonds. The zero-order valence-corrected chi connectivity index (χ0v) is 13.5. The topological polar surface area (TPSA) is 75.3 Å². The van der Waals surface area contributed by atoms with Gasteiger partial charge in [-0.05, 0) is 62.4 Å². The summed E-state index contributed by atoms with van der Waals surface area (Å²) in [4.78, 5) is 12.1. The van der Waals surface area contributed by atoms with Crippen molar-refractivity contribution in [1.29, 1.82) is 0 Å². The highest BCUT2D eigenvalue weighted by Crippen LogP contribution is 2.15. The number of sulfonamides is 1. The lowest BCUT2D eigenvalue weighted by atomic mass is 10.2. The number of halogens is 1. The number of anilines is 2. The van der Waals surface area contributed by atoms with Crippen LogP contribution in [0.5, 0.6) is 0 Å². The third kappa shape index (κ3) is 4.53. The van der Waals surface area contributed by atoms with Crippen molar-refractivity contribution < 1.29 is 17.6 Å². The lowest BCUT2D eigenvalue weighted by molar-refractivity contribution is 0.102. The fourth-order valence-corrected chi connectivity index (χ4v) is 2.41. The van der Waals surface area contributed by atoms with Gasteiger partial charge in [0, 0.05) is 16.9 Å². The average Bonchev–Trinajstić information content (AvgIpc) is 2.49. The van der Waals surface area contributed by atoms with Gasteiger partial charge < -0.3 is 5.32 Å².